The number of hydrogen-bond acceptors (Lipinski definition) is 4. The number of carbonyl (C=O) groups is 1. The zero-order valence-corrected chi connectivity index (χ0v) is 11.4. The molecule has 1 saturated heterocycles. The number of benzene rings is 1. The molecule has 2 atom stereocenters. The van der Waals surface area contributed by atoms with Crippen molar-refractivity contribution in [2.24, 2.45) is 11.8 Å². The van der Waals surface area contributed by atoms with Crippen molar-refractivity contribution in [3.63, 3.8) is 0 Å². The molecule has 6 nitrogen and oxygen atoms in total. The molecule has 7 heteroatoms. The van der Waals surface area contributed by atoms with Crippen molar-refractivity contribution < 1.29 is 14.1 Å². The monoisotopic (exact) mass is 293 g/mol. The van der Waals surface area contributed by atoms with Crippen LogP contribution in [0.3, 0.4) is 0 Å². The lowest BCUT2D eigenvalue weighted by molar-refractivity contribution is -0.384. The number of nitro groups is 1. The van der Waals surface area contributed by atoms with Crippen LogP contribution < -0.4 is 5.73 Å². The maximum atomic E-state index is 13.9. The molecule has 1 aromatic carbocycles. The second-order valence-corrected chi connectivity index (χ2v) is 5.77. The number of nitrogens with zero attached hydrogens (tertiary/aromatic N) is 2. The smallest absolute Gasteiger partial charge is 0.293 e. The van der Waals surface area contributed by atoms with Gasteiger partial charge in [0.15, 0.2) is 0 Å². The van der Waals surface area contributed by atoms with Crippen LogP contribution in [0.4, 0.5) is 15.8 Å². The minimum absolute atomic E-state index is 0.371. The number of carbonyl (C=O) groups excluding carboxylic acids is 1. The minimum atomic E-state index is -0.805. The van der Waals surface area contributed by atoms with Crippen molar-refractivity contribution in [3.05, 3.63) is 33.6 Å². The second kappa shape index (κ2) is 4.98. The highest BCUT2D eigenvalue weighted by molar-refractivity contribution is 6.01. The third-order valence-electron chi connectivity index (χ3n) is 4.60. The van der Waals surface area contributed by atoms with E-state index >= 15 is 0 Å². The quantitative estimate of drug-likeness (QED) is 0.514. The molecular formula is C14H16FN3O3. The average Bonchev–Trinajstić information content (AvgIpc) is 2.98. The van der Waals surface area contributed by atoms with E-state index in [1.165, 1.54) is 6.42 Å². The van der Waals surface area contributed by atoms with Crippen LogP contribution in [0.15, 0.2) is 12.1 Å². The predicted octanol–water partition coefficient (Wildman–Crippen LogP) is 2.19. The Bertz CT molecular complexity index is 608. The molecule has 1 aromatic rings. The third-order valence-corrected chi connectivity index (χ3v) is 4.60. The van der Waals surface area contributed by atoms with Crippen LogP contribution in [0.2, 0.25) is 0 Å². The normalized spacial score (nSPS) is 24.1. The van der Waals surface area contributed by atoms with Crippen LogP contribution in [0.5, 0.6) is 0 Å². The summed E-state index contributed by atoms with van der Waals surface area (Å²) in [6.07, 6.45) is 3.34. The number of hydrogen-bond donors (Lipinski definition) is 1. The first-order valence-electron chi connectivity index (χ1n) is 7.00. The largest absolute Gasteiger partial charge is 0.392 e. The Balaban J connectivity index is 1.91. The third kappa shape index (κ3) is 2.22. The van der Waals surface area contributed by atoms with Crippen molar-refractivity contribution >= 4 is 17.3 Å². The number of anilines is 1. The number of rotatable bonds is 2. The van der Waals surface area contributed by atoms with Gasteiger partial charge in [0.05, 0.1) is 4.92 Å². The van der Waals surface area contributed by atoms with Crippen molar-refractivity contribution in [2.75, 3.05) is 18.8 Å². The van der Waals surface area contributed by atoms with Gasteiger partial charge in [0, 0.05) is 19.2 Å². The summed E-state index contributed by atoms with van der Waals surface area (Å²) in [7, 11) is 0. The number of nitro benzene ring substituents is 1. The topological polar surface area (TPSA) is 89.5 Å². The van der Waals surface area contributed by atoms with Crippen LogP contribution in [-0.4, -0.2) is 28.8 Å². The summed E-state index contributed by atoms with van der Waals surface area (Å²) in [5, 5.41) is 10.9. The van der Waals surface area contributed by atoms with Gasteiger partial charge < -0.3 is 10.6 Å². The van der Waals surface area contributed by atoms with Gasteiger partial charge in [-0.3, -0.25) is 14.9 Å². The van der Waals surface area contributed by atoms with Crippen molar-refractivity contribution in [1.82, 2.24) is 4.90 Å². The summed E-state index contributed by atoms with van der Waals surface area (Å²) in [6.45, 7) is 1.18. The molecule has 0 bridgehead atoms. The highest BCUT2D eigenvalue weighted by Gasteiger charge is 2.39. The molecule has 2 unspecified atom stereocenters. The lowest BCUT2D eigenvalue weighted by atomic mass is 10.0. The van der Waals surface area contributed by atoms with Gasteiger partial charge in [-0.05, 0) is 30.7 Å². The molecule has 1 aliphatic heterocycles. The second-order valence-electron chi connectivity index (χ2n) is 5.77. The maximum Gasteiger partial charge on any atom is 0.293 e. The molecule has 1 saturated carbocycles. The number of halogens is 1. The molecule has 2 N–H and O–H groups in total. The molecule has 0 spiro atoms. The van der Waals surface area contributed by atoms with E-state index in [9.17, 15) is 19.3 Å². The summed E-state index contributed by atoms with van der Waals surface area (Å²) < 4.78 is 13.9. The maximum absolute atomic E-state index is 13.9. The van der Waals surface area contributed by atoms with Gasteiger partial charge in [-0.15, -0.1) is 0 Å². The Morgan fingerprint density at radius 3 is 2.52 bits per heavy atom. The highest BCUT2D eigenvalue weighted by Crippen LogP contribution is 2.39. The van der Waals surface area contributed by atoms with Gasteiger partial charge >= 0.3 is 0 Å². The first-order valence-corrected chi connectivity index (χ1v) is 7.00. The van der Waals surface area contributed by atoms with Gasteiger partial charge in [-0.1, -0.05) is 6.42 Å². The van der Waals surface area contributed by atoms with E-state index in [2.05, 4.69) is 0 Å². The average molecular weight is 293 g/mol. The number of likely N-dealkylation sites (tertiary alicyclic amines) is 1. The molecule has 1 aliphatic carbocycles. The summed E-state index contributed by atoms with van der Waals surface area (Å²) in [6, 6.07) is 1.92. The standard InChI is InChI=1S/C14H16FN3O3/c15-10-4-5-11(18(20)21)13(16)12(10)14(19)17-6-8-2-1-3-9(8)7-17/h4-5,8-9H,1-3,6-7,16H2. The Kier molecular flexibility index (Phi) is 3.27. The molecule has 0 aromatic heterocycles. The van der Waals surface area contributed by atoms with Crippen LogP contribution in [0.25, 0.3) is 0 Å². The molecule has 2 fully saturated rings. The summed E-state index contributed by atoms with van der Waals surface area (Å²) in [5.74, 6) is -0.405. The van der Waals surface area contributed by atoms with E-state index in [1.54, 1.807) is 4.90 Å². The van der Waals surface area contributed by atoms with E-state index in [4.69, 9.17) is 5.73 Å². The van der Waals surface area contributed by atoms with Crippen LogP contribution in [0.1, 0.15) is 29.6 Å². The molecule has 112 valence electrons. The van der Waals surface area contributed by atoms with Gasteiger partial charge in [-0.25, -0.2) is 4.39 Å². The summed E-state index contributed by atoms with van der Waals surface area (Å²) in [4.78, 5) is 24.2. The molecule has 1 heterocycles. The van der Waals surface area contributed by atoms with Crippen molar-refractivity contribution in [2.45, 2.75) is 19.3 Å². The Morgan fingerprint density at radius 2 is 1.95 bits per heavy atom. The lowest BCUT2D eigenvalue weighted by Crippen LogP contribution is -2.31. The molecule has 2 aliphatic rings. The highest BCUT2D eigenvalue weighted by atomic mass is 19.1. The van der Waals surface area contributed by atoms with E-state index in [-0.39, 0.29) is 11.3 Å². The van der Waals surface area contributed by atoms with Crippen molar-refractivity contribution in [1.29, 1.82) is 0 Å². The zero-order chi connectivity index (χ0) is 15.1. The fourth-order valence-corrected chi connectivity index (χ4v) is 3.52. The number of amides is 1. The van der Waals surface area contributed by atoms with E-state index in [0.717, 1.165) is 25.0 Å². The Hall–Kier alpha value is -2.18. The molecule has 0 radical (unpaired) electrons. The fraction of sp³-hybridized carbons (Fsp3) is 0.500. The zero-order valence-electron chi connectivity index (χ0n) is 11.4. The molecule has 21 heavy (non-hydrogen) atoms. The SMILES string of the molecule is Nc1c([N+](=O)[O-])ccc(F)c1C(=O)N1CC2CCCC2C1. The Labute approximate surface area is 120 Å². The number of nitrogens with two attached hydrogens (primary N) is 1. The van der Waals surface area contributed by atoms with E-state index in [0.29, 0.717) is 24.9 Å². The molecular weight excluding hydrogens is 277 g/mol. The van der Waals surface area contributed by atoms with E-state index < -0.39 is 22.3 Å². The van der Waals surface area contributed by atoms with Crippen LogP contribution >= 0.6 is 0 Å². The number of nitrogen functional groups attached to an aromatic ring is 1. The molecule has 3 rings (SSSR count). The molecule has 1 amide bonds. The fourth-order valence-electron chi connectivity index (χ4n) is 3.52. The van der Waals surface area contributed by atoms with Gasteiger partial charge in [0.25, 0.3) is 11.6 Å². The minimum Gasteiger partial charge on any atom is -0.392 e. The van der Waals surface area contributed by atoms with Crippen molar-refractivity contribution in [3.8, 4) is 0 Å². The summed E-state index contributed by atoms with van der Waals surface area (Å²) in [5.41, 5.74) is 4.45. The van der Waals surface area contributed by atoms with Crippen LogP contribution in [0, 0.1) is 27.8 Å². The first kappa shape index (κ1) is 13.8. The van der Waals surface area contributed by atoms with Gasteiger partial charge in [0.1, 0.15) is 17.1 Å². The Morgan fingerprint density at radius 1 is 1.33 bits per heavy atom. The van der Waals surface area contributed by atoms with Gasteiger partial charge in [-0.2, -0.15) is 0 Å². The first-order chi connectivity index (χ1) is 9.99. The van der Waals surface area contributed by atoms with Gasteiger partial charge in [0.2, 0.25) is 0 Å². The lowest BCUT2D eigenvalue weighted by Gasteiger charge is -2.18. The summed E-state index contributed by atoms with van der Waals surface area (Å²) >= 11 is 0. The van der Waals surface area contributed by atoms with Crippen LogP contribution in [-0.2, 0) is 0 Å². The predicted molar refractivity (Wildman–Crippen MR) is 74.2 cm³/mol. The number of fused-ring (bicyclic) bond motifs is 1. The van der Waals surface area contributed by atoms with E-state index in [1.807, 2.05) is 0 Å².